The van der Waals surface area contributed by atoms with E-state index in [2.05, 4.69) is 0 Å². The van der Waals surface area contributed by atoms with Gasteiger partial charge in [0.1, 0.15) is 48.8 Å². The third-order valence-electron chi connectivity index (χ3n) is 4.03. The van der Waals surface area contributed by atoms with Gasteiger partial charge in [-0.25, -0.2) is 0 Å². The first-order valence-electron chi connectivity index (χ1n) is 7.18. The molecule has 2 rings (SSSR count). The van der Waals surface area contributed by atoms with Crippen molar-refractivity contribution >= 4 is 6.29 Å². The van der Waals surface area contributed by atoms with Gasteiger partial charge >= 0.3 is 0 Å². The van der Waals surface area contributed by atoms with Gasteiger partial charge in [-0.05, 0) is 0 Å². The zero-order valence-corrected chi connectivity index (χ0v) is 12.5. The van der Waals surface area contributed by atoms with Crippen LogP contribution in [0.4, 0.5) is 0 Å². The van der Waals surface area contributed by atoms with Crippen LogP contribution in [-0.2, 0) is 23.7 Å². The highest BCUT2D eigenvalue weighted by molar-refractivity contribution is 5.57. The largest absolute Gasteiger partial charge is 0.394 e. The fourth-order valence-electron chi connectivity index (χ4n) is 2.67. The zero-order chi connectivity index (χ0) is 17.1. The molecule has 0 bridgehead atoms. The van der Waals surface area contributed by atoms with E-state index >= 15 is 0 Å². The quantitative estimate of drug-likeness (QED) is 0.304. The minimum Gasteiger partial charge on any atom is -0.394 e. The molecule has 0 aromatic carbocycles. The molecule has 0 aliphatic carbocycles. The molecule has 2 saturated heterocycles. The number of hydrogen-bond acceptors (Lipinski definition) is 10. The van der Waals surface area contributed by atoms with Gasteiger partial charge in [-0.2, -0.15) is 0 Å². The molecule has 5 N–H and O–H groups in total. The molecule has 9 atom stereocenters. The number of carbonyl (C=O) groups excluding carboxylic acids is 1. The molecule has 10 heteroatoms. The minimum atomic E-state index is -1.61. The topological polar surface area (TPSA) is 155 Å². The van der Waals surface area contributed by atoms with Gasteiger partial charge in [-0.3, -0.25) is 0 Å². The standard InChI is InChI=1S/C13H22O10/c1-20-7(3-15)12-11(5(16)4-21-12)23-13-10(19)9(18)8(17)6(2-14)22-13/h3,5-14,16-19H,2,4H2,1H3/t5-,6+,7+,8-,9-,10+,11+,12-,13-/m0/s1. The number of aldehydes is 1. The Morgan fingerprint density at radius 2 is 1.91 bits per heavy atom. The van der Waals surface area contributed by atoms with Crippen LogP contribution in [0.3, 0.4) is 0 Å². The third kappa shape index (κ3) is 3.71. The van der Waals surface area contributed by atoms with Crippen LogP contribution in [-0.4, -0.2) is 107 Å². The predicted octanol–water partition coefficient (Wildman–Crippen LogP) is -3.85. The molecule has 2 aliphatic heterocycles. The molecular formula is C13H22O10. The maximum atomic E-state index is 11.0. The molecule has 0 saturated carbocycles. The summed E-state index contributed by atoms with van der Waals surface area (Å²) in [6.45, 7) is -0.715. The van der Waals surface area contributed by atoms with E-state index in [1.54, 1.807) is 0 Å². The van der Waals surface area contributed by atoms with Crippen LogP contribution in [0.25, 0.3) is 0 Å². The number of aliphatic hydroxyl groups is 5. The van der Waals surface area contributed by atoms with Crippen molar-refractivity contribution in [3.63, 3.8) is 0 Å². The van der Waals surface area contributed by atoms with E-state index in [4.69, 9.17) is 24.1 Å². The monoisotopic (exact) mass is 338 g/mol. The SMILES string of the molecule is CO[C@H](C=O)[C@@H]1OC[C@H](O)[C@H]1O[C@@H]1O[C@H](CO)[C@H](O)[C@H](O)[C@H]1O. The van der Waals surface area contributed by atoms with Crippen molar-refractivity contribution in [2.45, 2.75) is 55.1 Å². The molecule has 0 radical (unpaired) electrons. The van der Waals surface area contributed by atoms with Crippen molar-refractivity contribution in [2.75, 3.05) is 20.3 Å². The van der Waals surface area contributed by atoms with Crippen molar-refractivity contribution in [1.82, 2.24) is 0 Å². The van der Waals surface area contributed by atoms with E-state index in [0.29, 0.717) is 6.29 Å². The maximum absolute atomic E-state index is 11.0. The van der Waals surface area contributed by atoms with Crippen molar-refractivity contribution in [3.8, 4) is 0 Å². The molecule has 2 heterocycles. The first-order valence-corrected chi connectivity index (χ1v) is 7.18. The van der Waals surface area contributed by atoms with Gasteiger partial charge in [-0.1, -0.05) is 0 Å². The highest BCUT2D eigenvalue weighted by atomic mass is 16.7. The molecule has 0 unspecified atom stereocenters. The Bertz CT molecular complexity index is 391. The van der Waals surface area contributed by atoms with Gasteiger partial charge in [-0.15, -0.1) is 0 Å². The second-order valence-electron chi connectivity index (χ2n) is 5.50. The molecule has 134 valence electrons. The van der Waals surface area contributed by atoms with Crippen LogP contribution in [0, 0.1) is 0 Å². The van der Waals surface area contributed by atoms with Gasteiger partial charge < -0.3 is 49.3 Å². The lowest BCUT2D eigenvalue weighted by Crippen LogP contribution is -2.60. The van der Waals surface area contributed by atoms with E-state index in [9.17, 15) is 25.2 Å². The Labute approximate surface area is 132 Å². The lowest BCUT2D eigenvalue weighted by atomic mass is 9.99. The first kappa shape index (κ1) is 18.6. The van der Waals surface area contributed by atoms with Crippen molar-refractivity contribution in [2.24, 2.45) is 0 Å². The number of ether oxygens (including phenoxy) is 4. The Kier molecular flexibility index (Phi) is 6.42. The predicted molar refractivity (Wildman–Crippen MR) is 71.2 cm³/mol. The molecular weight excluding hydrogens is 316 g/mol. The summed E-state index contributed by atoms with van der Waals surface area (Å²) in [5, 5.41) is 48.5. The summed E-state index contributed by atoms with van der Waals surface area (Å²) < 4.78 is 20.9. The highest BCUT2D eigenvalue weighted by Gasteiger charge is 2.49. The fraction of sp³-hybridized carbons (Fsp3) is 0.923. The lowest BCUT2D eigenvalue weighted by molar-refractivity contribution is -0.319. The highest BCUT2D eigenvalue weighted by Crippen LogP contribution is 2.28. The summed E-state index contributed by atoms with van der Waals surface area (Å²) in [7, 11) is 1.29. The van der Waals surface area contributed by atoms with Gasteiger partial charge in [0, 0.05) is 7.11 Å². The molecule has 0 spiro atoms. The van der Waals surface area contributed by atoms with Crippen LogP contribution >= 0.6 is 0 Å². The summed E-state index contributed by atoms with van der Waals surface area (Å²) in [6, 6.07) is 0. The number of aliphatic hydroxyl groups excluding tert-OH is 5. The van der Waals surface area contributed by atoms with E-state index in [0.717, 1.165) is 0 Å². The maximum Gasteiger partial charge on any atom is 0.187 e. The van der Waals surface area contributed by atoms with Crippen LogP contribution in [0.15, 0.2) is 0 Å². The van der Waals surface area contributed by atoms with Gasteiger partial charge in [0.25, 0.3) is 0 Å². The van der Waals surface area contributed by atoms with Crippen LogP contribution in [0.5, 0.6) is 0 Å². The Morgan fingerprint density at radius 3 is 2.48 bits per heavy atom. The number of hydrogen-bond donors (Lipinski definition) is 5. The second-order valence-corrected chi connectivity index (χ2v) is 5.50. The third-order valence-corrected chi connectivity index (χ3v) is 4.03. The number of rotatable bonds is 6. The molecule has 2 fully saturated rings. The Morgan fingerprint density at radius 1 is 1.22 bits per heavy atom. The van der Waals surface area contributed by atoms with E-state index in [1.165, 1.54) is 7.11 Å². The van der Waals surface area contributed by atoms with Crippen LogP contribution in [0.2, 0.25) is 0 Å². The smallest absolute Gasteiger partial charge is 0.187 e. The first-order chi connectivity index (χ1) is 10.9. The average Bonchev–Trinajstić information content (AvgIpc) is 2.90. The Balaban J connectivity index is 2.10. The van der Waals surface area contributed by atoms with Crippen LogP contribution in [0.1, 0.15) is 0 Å². The second kappa shape index (κ2) is 7.92. The fourth-order valence-corrected chi connectivity index (χ4v) is 2.67. The van der Waals surface area contributed by atoms with Gasteiger partial charge in [0.15, 0.2) is 12.6 Å². The normalized spacial score (nSPS) is 45.8. The summed E-state index contributed by atoms with van der Waals surface area (Å²) >= 11 is 0. The van der Waals surface area contributed by atoms with Crippen molar-refractivity contribution in [3.05, 3.63) is 0 Å². The summed E-state index contributed by atoms with van der Waals surface area (Å²) in [5.41, 5.74) is 0. The Hall–Kier alpha value is -0.690. The molecule has 23 heavy (non-hydrogen) atoms. The molecule has 2 aliphatic rings. The molecule has 0 amide bonds. The van der Waals surface area contributed by atoms with Crippen molar-refractivity contribution < 1.29 is 49.3 Å². The summed E-state index contributed by atoms with van der Waals surface area (Å²) in [5.74, 6) is 0. The number of methoxy groups -OCH3 is 1. The lowest BCUT2D eigenvalue weighted by Gasteiger charge is -2.41. The van der Waals surface area contributed by atoms with Crippen LogP contribution < -0.4 is 0 Å². The molecule has 0 aromatic heterocycles. The average molecular weight is 338 g/mol. The molecule has 10 nitrogen and oxygen atoms in total. The van der Waals surface area contributed by atoms with Crippen molar-refractivity contribution in [1.29, 1.82) is 0 Å². The van der Waals surface area contributed by atoms with E-state index in [-0.39, 0.29) is 6.61 Å². The zero-order valence-electron chi connectivity index (χ0n) is 12.5. The van der Waals surface area contributed by atoms with Gasteiger partial charge in [0.05, 0.1) is 13.2 Å². The van der Waals surface area contributed by atoms with Gasteiger partial charge in [0.2, 0.25) is 0 Å². The van der Waals surface area contributed by atoms with E-state index in [1.807, 2.05) is 0 Å². The molecule has 0 aromatic rings. The summed E-state index contributed by atoms with van der Waals surface area (Å²) in [4.78, 5) is 11.0. The minimum absolute atomic E-state index is 0.111. The summed E-state index contributed by atoms with van der Waals surface area (Å²) in [6.07, 6.45) is -10.9. The number of carbonyl (C=O) groups is 1. The van der Waals surface area contributed by atoms with E-state index < -0.39 is 61.7 Å².